The van der Waals surface area contributed by atoms with Gasteiger partial charge in [-0.3, -0.25) is 9.69 Å². The molecular formula is C25H21ClF6N2O3S. The fraction of sp³-hybridized carbons (Fsp3) is 0.280. The van der Waals surface area contributed by atoms with Crippen molar-refractivity contribution in [1.29, 1.82) is 0 Å². The fourth-order valence-electron chi connectivity index (χ4n) is 4.10. The second kappa shape index (κ2) is 11.3. The summed E-state index contributed by atoms with van der Waals surface area (Å²) in [5, 5.41) is 2.36. The maximum absolute atomic E-state index is 13.2. The van der Waals surface area contributed by atoms with Gasteiger partial charge in [0.2, 0.25) is 0 Å². The van der Waals surface area contributed by atoms with Crippen LogP contribution in [0.4, 0.5) is 31.3 Å². The van der Waals surface area contributed by atoms with E-state index in [1.165, 1.54) is 0 Å². The molecule has 3 aromatic rings. The van der Waals surface area contributed by atoms with Crippen LogP contribution in [0, 0.1) is 0 Å². The average Bonchev–Trinajstić information content (AvgIpc) is 3.19. The molecule has 1 aromatic heterocycles. The monoisotopic (exact) mass is 578 g/mol. The lowest BCUT2D eigenvalue weighted by molar-refractivity contribution is -0.143. The zero-order chi connectivity index (χ0) is 27.0. The third kappa shape index (κ3) is 6.48. The minimum absolute atomic E-state index is 0. The highest BCUT2D eigenvalue weighted by Gasteiger charge is 2.38. The molecule has 0 saturated carbocycles. The Morgan fingerprint density at radius 1 is 1.00 bits per heavy atom. The molecule has 0 atom stereocenters. The minimum Gasteiger partial charge on any atom is -0.465 e. The van der Waals surface area contributed by atoms with Gasteiger partial charge in [-0.25, -0.2) is 4.79 Å². The number of amides is 1. The largest absolute Gasteiger partial charge is 0.465 e. The van der Waals surface area contributed by atoms with E-state index in [4.69, 9.17) is 4.74 Å². The summed E-state index contributed by atoms with van der Waals surface area (Å²) in [4.78, 5) is 28.3. The van der Waals surface area contributed by atoms with Crippen LogP contribution in [-0.4, -0.2) is 30.4 Å². The van der Waals surface area contributed by atoms with Gasteiger partial charge in [-0.15, -0.1) is 23.7 Å². The fourth-order valence-corrected chi connectivity index (χ4v) is 5.37. The number of nitrogens with zero attached hydrogens (tertiary/aromatic N) is 1. The van der Waals surface area contributed by atoms with Gasteiger partial charge < -0.3 is 10.1 Å². The molecule has 1 N–H and O–H groups in total. The number of carbonyl (C=O) groups excluding carboxylic acids is 2. The van der Waals surface area contributed by atoms with Crippen molar-refractivity contribution in [3.63, 3.8) is 0 Å². The number of nitrogens with one attached hydrogen (secondary N) is 1. The van der Waals surface area contributed by atoms with Crippen molar-refractivity contribution in [3.8, 4) is 0 Å². The quantitative estimate of drug-likeness (QED) is 0.267. The van der Waals surface area contributed by atoms with Crippen LogP contribution in [0.1, 0.15) is 47.8 Å². The summed E-state index contributed by atoms with van der Waals surface area (Å²) >= 11 is 1.04. The molecule has 2 heterocycles. The van der Waals surface area contributed by atoms with Gasteiger partial charge in [-0.2, -0.15) is 26.3 Å². The number of alkyl halides is 6. The molecule has 13 heteroatoms. The van der Waals surface area contributed by atoms with E-state index in [1.54, 1.807) is 0 Å². The van der Waals surface area contributed by atoms with Crippen molar-refractivity contribution in [1.82, 2.24) is 4.90 Å². The highest BCUT2D eigenvalue weighted by molar-refractivity contribution is 7.17. The zero-order valence-electron chi connectivity index (χ0n) is 19.7. The number of carbonyl (C=O) groups is 2. The van der Waals surface area contributed by atoms with E-state index in [9.17, 15) is 35.9 Å². The number of ether oxygens (including phenoxy) is 1. The predicted octanol–water partition coefficient (Wildman–Crippen LogP) is 6.80. The normalized spacial score (nSPS) is 13.9. The molecule has 2 aromatic carbocycles. The molecule has 0 bridgehead atoms. The molecular weight excluding hydrogens is 558 g/mol. The highest BCUT2D eigenvalue weighted by atomic mass is 35.5. The van der Waals surface area contributed by atoms with Crippen LogP contribution in [0.5, 0.6) is 0 Å². The van der Waals surface area contributed by atoms with Crippen molar-refractivity contribution in [2.45, 2.75) is 31.9 Å². The van der Waals surface area contributed by atoms with Crippen LogP contribution in [0.3, 0.4) is 0 Å². The number of hydrogen-bond donors (Lipinski definition) is 1. The first-order valence-corrected chi connectivity index (χ1v) is 11.8. The molecule has 0 spiro atoms. The summed E-state index contributed by atoms with van der Waals surface area (Å²) in [5.74, 6) is -1.97. The van der Waals surface area contributed by atoms with E-state index in [0.717, 1.165) is 28.9 Å². The summed E-state index contributed by atoms with van der Waals surface area (Å²) < 4.78 is 84.2. The first-order chi connectivity index (χ1) is 17.4. The summed E-state index contributed by atoms with van der Waals surface area (Å²) in [6, 6.07) is 10.3. The third-order valence-electron chi connectivity index (χ3n) is 5.85. The predicted molar refractivity (Wildman–Crippen MR) is 132 cm³/mol. The van der Waals surface area contributed by atoms with E-state index >= 15 is 0 Å². The van der Waals surface area contributed by atoms with Gasteiger partial charge in [0.05, 0.1) is 23.8 Å². The van der Waals surface area contributed by atoms with Crippen molar-refractivity contribution < 1.29 is 40.7 Å². The number of benzene rings is 2. The second-order valence-electron chi connectivity index (χ2n) is 8.39. The molecule has 1 aliphatic heterocycles. The number of rotatable bonds is 5. The van der Waals surface area contributed by atoms with Crippen LogP contribution in [0.25, 0.3) is 0 Å². The van der Waals surface area contributed by atoms with Gasteiger partial charge in [0, 0.05) is 30.1 Å². The van der Waals surface area contributed by atoms with Gasteiger partial charge in [0.25, 0.3) is 5.91 Å². The van der Waals surface area contributed by atoms with Crippen molar-refractivity contribution >= 4 is 40.6 Å². The Kier molecular flexibility index (Phi) is 8.79. The Hall–Kier alpha value is -3.09. The standard InChI is InChI=1S/C25H20F6N2O3S.ClH/c1-36-23(35)20-18-7-8-33(12-14-5-3-2-4-6-14)13-19(18)37-22(20)32-21(34)15-9-16(24(26,27)28)11-17(10-15)25(29,30)31;/h2-6,9-11H,7-8,12-13H2,1H3,(H,32,34);1H. The summed E-state index contributed by atoms with van der Waals surface area (Å²) in [7, 11) is 1.14. The molecule has 4 rings (SSSR count). The minimum atomic E-state index is -5.10. The molecule has 1 aliphatic rings. The van der Waals surface area contributed by atoms with Crippen LogP contribution in [0.2, 0.25) is 0 Å². The molecule has 204 valence electrons. The van der Waals surface area contributed by atoms with E-state index in [1.807, 2.05) is 30.3 Å². The number of methoxy groups -OCH3 is 1. The molecule has 1 amide bonds. The van der Waals surface area contributed by atoms with Crippen LogP contribution in [0.15, 0.2) is 48.5 Å². The van der Waals surface area contributed by atoms with Crippen molar-refractivity contribution in [3.05, 3.63) is 86.8 Å². The van der Waals surface area contributed by atoms with Crippen molar-refractivity contribution in [2.24, 2.45) is 0 Å². The van der Waals surface area contributed by atoms with Crippen molar-refractivity contribution in [2.75, 3.05) is 19.0 Å². The summed E-state index contributed by atoms with van der Waals surface area (Å²) in [5.41, 5.74) is -2.29. The van der Waals surface area contributed by atoms with E-state index in [0.29, 0.717) is 43.8 Å². The molecule has 0 aliphatic carbocycles. The van der Waals surface area contributed by atoms with E-state index in [-0.39, 0.29) is 29.0 Å². The van der Waals surface area contributed by atoms with Gasteiger partial charge >= 0.3 is 18.3 Å². The Morgan fingerprint density at radius 2 is 1.61 bits per heavy atom. The van der Waals surface area contributed by atoms with E-state index < -0.39 is 40.9 Å². The molecule has 0 fully saturated rings. The number of fused-ring (bicyclic) bond motifs is 1. The van der Waals surface area contributed by atoms with Gasteiger partial charge in [0.15, 0.2) is 0 Å². The second-order valence-corrected chi connectivity index (χ2v) is 9.50. The first kappa shape index (κ1) is 29.5. The molecule has 0 radical (unpaired) electrons. The van der Waals surface area contributed by atoms with Gasteiger partial charge in [0.1, 0.15) is 5.00 Å². The maximum Gasteiger partial charge on any atom is 0.416 e. The number of hydrogen-bond acceptors (Lipinski definition) is 5. The Bertz CT molecular complexity index is 1290. The third-order valence-corrected chi connectivity index (χ3v) is 6.98. The number of esters is 1. The SMILES string of the molecule is COC(=O)c1c(NC(=O)c2cc(C(F)(F)F)cc(C(F)(F)F)c2)sc2c1CCN(Cc1ccccc1)C2.Cl. The van der Waals surface area contributed by atoms with Crippen LogP contribution < -0.4 is 5.32 Å². The lowest BCUT2D eigenvalue weighted by Crippen LogP contribution is -2.29. The molecule has 38 heavy (non-hydrogen) atoms. The van der Waals surface area contributed by atoms with Gasteiger partial charge in [-0.1, -0.05) is 30.3 Å². The maximum atomic E-state index is 13.2. The smallest absolute Gasteiger partial charge is 0.416 e. The Balaban J connectivity index is 0.00000400. The lowest BCUT2D eigenvalue weighted by atomic mass is 10.0. The lowest BCUT2D eigenvalue weighted by Gasteiger charge is -2.27. The Labute approximate surface area is 223 Å². The number of anilines is 1. The van der Waals surface area contributed by atoms with Crippen LogP contribution in [-0.2, 0) is 36.6 Å². The number of thiophene rings is 1. The number of halogens is 7. The molecule has 0 unspecified atom stereocenters. The average molecular weight is 579 g/mol. The first-order valence-electron chi connectivity index (χ1n) is 11.0. The van der Waals surface area contributed by atoms with Gasteiger partial charge in [-0.05, 0) is 35.7 Å². The topological polar surface area (TPSA) is 58.6 Å². The molecule has 5 nitrogen and oxygen atoms in total. The summed E-state index contributed by atoms with van der Waals surface area (Å²) in [6.45, 7) is 1.67. The van der Waals surface area contributed by atoms with E-state index in [2.05, 4.69) is 10.2 Å². The van der Waals surface area contributed by atoms with Crippen LogP contribution >= 0.6 is 23.7 Å². The summed E-state index contributed by atoms with van der Waals surface area (Å²) in [6.07, 6.45) is -9.75. The highest BCUT2D eigenvalue weighted by Crippen LogP contribution is 2.39. The zero-order valence-corrected chi connectivity index (χ0v) is 21.3. The Morgan fingerprint density at radius 3 is 2.16 bits per heavy atom. The molecule has 0 saturated heterocycles.